The van der Waals surface area contributed by atoms with E-state index in [0.29, 0.717) is 19.3 Å². The van der Waals surface area contributed by atoms with Crippen LogP contribution in [-0.2, 0) is 28.6 Å². The molecule has 0 rings (SSSR count). The van der Waals surface area contributed by atoms with E-state index in [1.165, 1.54) is 83.5 Å². The van der Waals surface area contributed by atoms with E-state index in [0.717, 1.165) is 44.9 Å². The number of rotatable bonds is 40. The first-order valence-corrected chi connectivity index (χ1v) is 23.2. The molecule has 0 aliphatic carbocycles. The predicted octanol–water partition coefficient (Wildman–Crippen LogP) is 11.6. The topological polar surface area (TPSA) is 102 Å². The van der Waals surface area contributed by atoms with E-state index in [9.17, 15) is 19.5 Å². The maximum absolute atomic E-state index is 12.7. The summed E-state index contributed by atoms with van der Waals surface area (Å²) in [7, 11) is 5.39. The summed E-state index contributed by atoms with van der Waals surface area (Å²) in [6.07, 6.45) is 53.2. The van der Waals surface area contributed by atoms with Crippen LogP contribution in [0.4, 0.5) is 0 Å². The van der Waals surface area contributed by atoms with E-state index in [2.05, 4.69) is 26.0 Å². The van der Waals surface area contributed by atoms with E-state index in [-0.39, 0.29) is 42.7 Å². The lowest BCUT2D eigenvalue weighted by molar-refractivity contribution is -0.889. The van der Waals surface area contributed by atoms with Gasteiger partial charge in [-0.2, -0.15) is 0 Å². The Labute approximate surface area is 361 Å². The Morgan fingerprint density at radius 3 is 1.41 bits per heavy atom. The molecular formula is C51H85NO7. The smallest absolute Gasteiger partial charge is 0.306 e. The molecule has 2 unspecified atom stereocenters. The van der Waals surface area contributed by atoms with E-state index in [4.69, 9.17) is 14.2 Å². The Bertz CT molecular complexity index is 1240. The summed E-state index contributed by atoms with van der Waals surface area (Å²) in [5, 5.41) is 11.6. The average Bonchev–Trinajstić information content (AvgIpc) is 3.19. The Hall–Kier alpha value is -3.49. The number of ether oxygens (including phenoxy) is 3. The van der Waals surface area contributed by atoms with Crippen LogP contribution >= 0.6 is 0 Å². The summed E-state index contributed by atoms with van der Waals surface area (Å²) >= 11 is 0. The highest BCUT2D eigenvalue weighted by Gasteiger charge is 2.25. The minimum absolute atomic E-state index is 0.0226. The van der Waals surface area contributed by atoms with Gasteiger partial charge in [-0.05, 0) is 32.1 Å². The highest BCUT2D eigenvalue weighted by atomic mass is 16.6. The van der Waals surface area contributed by atoms with Crippen molar-refractivity contribution in [2.24, 2.45) is 0 Å². The number of carbonyl (C=O) groups is 3. The Morgan fingerprint density at radius 2 is 0.949 bits per heavy atom. The summed E-state index contributed by atoms with van der Waals surface area (Å²) < 4.78 is 17.1. The summed E-state index contributed by atoms with van der Waals surface area (Å²) in [6.45, 7) is 4.46. The highest BCUT2D eigenvalue weighted by Crippen LogP contribution is 2.15. The molecule has 0 saturated carbocycles. The van der Waals surface area contributed by atoms with Crippen LogP contribution in [0.15, 0.2) is 85.1 Å². The minimum Gasteiger partial charge on any atom is -0.544 e. The summed E-state index contributed by atoms with van der Waals surface area (Å²) in [5.74, 6) is -1.80. The van der Waals surface area contributed by atoms with Crippen molar-refractivity contribution in [3.05, 3.63) is 85.1 Å². The van der Waals surface area contributed by atoms with Crippen LogP contribution in [0.3, 0.4) is 0 Å². The molecule has 2 atom stereocenters. The Balaban J connectivity index is 4.43. The van der Waals surface area contributed by atoms with Gasteiger partial charge in [-0.15, -0.1) is 0 Å². The molecule has 0 aliphatic rings. The lowest BCUT2D eigenvalue weighted by atomic mass is 10.0. The fraction of sp³-hybridized carbons (Fsp3) is 0.667. The third-order valence-electron chi connectivity index (χ3n) is 9.99. The molecule has 0 radical (unpaired) electrons. The Morgan fingerprint density at radius 1 is 0.525 bits per heavy atom. The molecule has 0 bridgehead atoms. The Kier molecular flexibility index (Phi) is 38.8. The maximum atomic E-state index is 12.7. The second-order valence-corrected chi connectivity index (χ2v) is 16.5. The molecule has 336 valence electrons. The molecule has 0 spiro atoms. The summed E-state index contributed by atoms with van der Waals surface area (Å²) in [5.41, 5.74) is 0. The third-order valence-corrected chi connectivity index (χ3v) is 9.99. The number of quaternary nitrogens is 1. The van der Waals surface area contributed by atoms with Crippen molar-refractivity contribution >= 4 is 17.9 Å². The van der Waals surface area contributed by atoms with Gasteiger partial charge in [-0.3, -0.25) is 9.59 Å². The largest absolute Gasteiger partial charge is 0.544 e. The van der Waals surface area contributed by atoms with Crippen LogP contribution in [-0.4, -0.2) is 75.5 Å². The lowest BCUT2D eigenvalue weighted by Crippen LogP contribution is -2.55. The van der Waals surface area contributed by atoms with Crippen molar-refractivity contribution in [2.45, 2.75) is 180 Å². The number of carboxylic acids is 1. The predicted molar refractivity (Wildman–Crippen MR) is 245 cm³/mol. The van der Waals surface area contributed by atoms with Crippen molar-refractivity contribution in [3.8, 4) is 0 Å². The van der Waals surface area contributed by atoms with Gasteiger partial charge in [0.1, 0.15) is 12.6 Å². The number of esters is 2. The fourth-order valence-electron chi connectivity index (χ4n) is 6.41. The number of nitrogens with zero attached hydrogens (tertiary/aromatic N) is 1. The molecule has 0 fully saturated rings. The summed E-state index contributed by atoms with van der Waals surface area (Å²) in [4.78, 5) is 36.9. The van der Waals surface area contributed by atoms with Crippen LogP contribution in [0.1, 0.15) is 168 Å². The molecule has 0 saturated heterocycles. The third kappa shape index (κ3) is 39.7. The fourth-order valence-corrected chi connectivity index (χ4v) is 6.41. The molecule has 59 heavy (non-hydrogen) atoms. The second kappa shape index (κ2) is 41.3. The first-order chi connectivity index (χ1) is 28.6. The average molecular weight is 824 g/mol. The van der Waals surface area contributed by atoms with Crippen molar-refractivity contribution in [1.82, 2.24) is 0 Å². The standard InChI is InChI=1S/C51H85NO7/c1-6-8-10-12-14-16-18-20-22-24-25-26-28-29-31-33-35-37-39-41-49(53)58-46-47(45-57-44-43-48(51(55)56)52(3,4)5)59-50(54)42-40-38-36-34-32-30-27-23-21-19-17-15-13-11-9-7-2/h8,10,12,14,16,18,20,22,24-26,28-29,31,47-48H,6-7,9,11,13,15,17,19,21,23,27,30,32-46H2,1-5H3/b10-8+,14-12+,18-16+,22-20+,25-24+,28-26+,31-29+. The molecule has 0 heterocycles. The molecular weight excluding hydrogens is 739 g/mol. The van der Waals surface area contributed by atoms with Crippen LogP contribution in [0.2, 0.25) is 0 Å². The van der Waals surface area contributed by atoms with Crippen LogP contribution in [0, 0.1) is 0 Å². The number of carboxylic acid groups (broad SMARTS) is 1. The molecule has 8 heteroatoms. The minimum atomic E-state index is -1.13. The zero-order chi connectivity index (χ0) is 43.5. The zero-order valence-electron chi connectivity index (χ0n) is 38.1. The first kappa shape index (κ1) is 55.5. The highest BCUT2D eigenvalue weighted by molar-refractivity contribution is 5.70. The molecule has 0 N–H and O–H groups in total. The van der Waals surface area contributed by atoms with E-state index in [1.807, 2.05) is 72.9 Å². The summed E-state index contributed by atoms with van der Waals surface area (Å²) in [6, 6.07) is -0.736. The monoisotopic (exact) mass is 824 g/mol. The molecule has 0 aliphatic heterocycles. The quantitative estimate of drug-likeness (QED) is 0.0262. The van der Waals surface area contributed by atoms with Crippen molar-refractivity contribution < 1.29 is 38.2 Å². The SMILES string of the molecule is CC/C=C/C=C/C=C/C=C/C=C/C=C/C=C/CCCCCC(=O)OCC(COCCC(C(=O)[O-])[N+](C)(C)C)OC(=O)CCCCCCCCCCCCCCCCCC. The van der Waals surface area contributed by atoms with Crippen LogP contribution < -0.4 is 5.11 Å². The van der Waals surface area contributed by atoms with Gasteiger partial charge in [-0.1, -0.05) is 202 Å². The van der Waals surface area contributed by atoms with E-state index in [1.54, 1.807) is 21.1 Å². The van der Waals surface area contributed by atoms with E-state index < -0.39 is 18.1 Å². The molecule has 0 amide bonds. The maximum Gasteiger partial charge on any atom is 0.306 e. The van der Waals surface area contributed by atoms with Crippen LogP contribution in [0.5, 0.6) is 0 Å². The van der Waals surface area contributed by atoms with Gasteiger partial charge in [-0.25, -0.2) is 0 Å². The molecule has 0 aromatic rings. The number of unbranched alkanes of at least 4 members (excludes halogenated alkanes) is 18. The van der Waals surface area contributed by atoms with Crippen molar-refractivity contribution in [2.75, 3.05) is 41.0 Å². The zero-order valence-corrected chi connectivity index (χ0v) is 38.1. The number of hydrogen-bond donors (Lipinski definition) is 0. The van der Waals surface area contributed by atoms with Gasteiger partial charge in [0, 0.05) is 19.3 Å². The first-order valence-electron chi connectivity index (χ1n) is 23.2. The number of carbonyl (C=O) groups excluding carboxylic acids is 3. The molecule has 0 aromatic heterocycles. The van der Waals surface area contributed by atoms with Gasteiger partial charge in [0.05, 0.1) is 40.3 Å². The van der Waals surface area contributed by atoms with Crippen molar-refractivity contribution in [3.63, 3.8) is 0 Å². The molecule has 8 nitrogen and oxygen atoms in total. The van der Waals surface area contributed by atoms with Crippen molar-refractivity contribution in [1.29, 1.82) is 0 Å². The normalized spacial score (nSPS) is 13.7. The number of aliphatic carboxylic acids is 1. The van der Waals surface area contributed by atoms with Crippen LogP contribution in [0.25, 0.3) is 0 Å². The number of likely N-dealkylation sites (N-methyl/N-ethyl adjacent to an activating group) is 1. The van der Waals surface area contributed by atoms with Gasteiger partial charge in [0.15, 0.2) is 6.10 Å². The van der Waals surface area contributed by atoms with Gasteiger partial charge in [0.2, 0.25) is 0 Å². The van der Waals surface area contributed by atoms with E-state index >= 15 is 0 Å². The lowest BCUT2D eigenvalue weighted by Gasteiger charge is -2.34. The van der Waals surface area contributed by atoms with Gasteiger partial charge < -0.3 is 28.6 Å². The van der Waals surface area contributed by atoms with Gasteiger partial charge >= 0.3 is 11.9 Å². The van der Waals surface area contributed by atoms with Gasteiger partial charge in [0.25, 0.3) is 0 Å². The number of hydrogen-bond acceptors (Lipinski definition) is 7. The molecule has 0 aromatic carbocycles. The number of allylic oxidation sites excluding steroid dienone is 14. The second-order valence-electron chi connectivity index (χ2n) is 16.5.